The Bertz CT molecular complexity index is 3200. The fraction of sp³-hybridized carbons (Fsp3) is 0.859. The van der Waals surface area contributed by atoms with Crippen LogP contribution >= 0.6 is 0 Å². The van der Waals surface area contributed by atoms with Crippen molar-refractivity contribution in [2.24, 2.45) is 81.3 Å². The molecular formula is C64H89NO24S2. The lowest BCUT2D eigenvalue weighted by molar-refractivity contribution is -0.169. The van der Waals surface area contributed by atoms with Crippen LogP contribution in [-0.2, 0) is 114 Å². The molecule has 25 nitrogen and oxygen atoms in total. The molecule has 0 aromatic carbocycles. The Morgan fingerprint density at radius 2 is 0.901 bits per heavy atom. The first kappa shape index (κ1) is 67.4. The monoisotopic (exact) mass is 1320 g/mol. The van der Waals surface area contributed by atoms with Gasteiger partial charge in [-0.25, -0.2) is 0 Å². The average molecular weight is 1320 g/mol. The number of rotatable bonds is 15. The molecule has 0 spiro atoms. The highest BCUT2D eigenvalue weighted by Crippen LogP contribution is 2.63. The topological polar surface area (TPSA) is 339 Å². The van der Waals surface area contributed by atoms with Gasteiger partial charge in [0.05, 0.1) is 69.2 Å². The van der Waals surface area contributed by atoms with E-state index in [0.29, 0.717) is 44.9 Å². The Morgan fingerprint density at radius 1 is 0.516 bits per heavy atom. The number of carbonyl (C=O) groups is 8. The van der Waals surface area contributed by atoms with Crippen LogP contribution in [0, 0.1) is 92.7 Å². The summed E-state index contributed by atoms with van der Waals surface area (Å²) < 4.78 is 112. The third kappa shape index (κ3) is 11.6. The largest absolute Gasteiger partial charge is 0.459 e. The zero-order chi connectivity index (χ0) is 66.1. The van der Waals surface area contributed by atoms with Crippen LogP contribution in [0.3, 0.4) is 0 Å². The Labute approximate surface area is 531 Å². The van der Waals surface area contributed by atoms with Crippen molar-refractivity contribution in [1.29, 1.82) is 5.26 Å². The van der Waals surface area contributed by atoms with Gasteiger partial charge in [0.25, 0.3) is 20.2 Å². The molecule has 6 saturated carbocycles. The third-order valence-corrected chi connectivity index (χ3v) is 26.9. The molecule has 91 heavy (non-hydrogen) atoms. The van der Waals surface area contributed by atoms with Crippen LogP contribution in [-0.4, -0.2) is 161 Å². The first-order valence-electron chi connectivity index (χ1n) is 33.0. The molecule has 0 aromatic rings. The zero-order valence-electron chi connectivity index (χ0n) is 53.8. The highest BCUT2D eigenvalue weighted by atomic mass is 32.2. The summed E-state index contributed by atoms with van der Waals surface area (Å²) in [5, 5.41) is 8.55. The van der Waals surface area contributed by atoms with E-state index in [1.165, 1.54) is 0 Å². The average Bonchev–Trinajstić information content (AvgIpc) is 1.57. The smallest absolute Gasteiger partial charge is 0.327 e. The van der Waals surface area contributed by atoms with Gasteiger partial charge in [0, 0.05) is 35.5 Å². The maximum absolute atomic E-state index is 12.1. The normalized spacial score (nSPS) is 43.2. The first-order chi connectivity index (χ1) is 42.8. The molecule has 0 radical (unpaired) electrons. The number of fused-ring (bicyclic) bond motifs is 5. The van der Waals surface area contributed by atoms with Crippen LogP contribution in [0.1, 0.15) is 167 Å². The van der Waals surface area contributed by atoms with E-state index < -0.39 is 79.1 Å². The molecule has 506 valence electrons. The van der Waals surface area contributed by atoms with Gasteiger partial charge in [-0.3, -0.25) is 46.7 Å². The molecule has 9 heterocycles. The molecule has 27 heteroatoms. The van der Waals surface area contributed by atoms with E-state index in [4.69, 9.17) is 55.7 Å². The summed E-state index contributed by atoms with van der Waals surface area (Å²) >= 11 is 0. The van der Waals surface area contributed by atoms with Gasteiger partial charge in [-0.1, -0.05) is 55.4 Å². The van der Waals surface area contributed by atoms with Crippen molar-refractivity contribution in [3.63, 3.8) is 0 Å². The molecule has 6 aliphatic carbocycles. The Hall–Kier alpha value is -5.01. The molecule has 15 rings (SSSR count). The van der Waals surface area contributed by atoms with Crippen molar-refractivity contribution >= 4 is 68.0 Å². The van der Waals surface area contributed by atoms with Crippen molar-refractivity contribution in [3.05, 3.63) is 0 Å². The zero-order valence-corrected chi connectivity index (χ0v) is 55.5. The minimum Gasteiger partial charge on any atom is -0.459 e. The molecular weight excluding hydrogens is 1230 g/mol. The van der Waals surface area contributed by atoms with Crippen LogP contribution in [0.25, 0.3) is 0 Å². The van der Waals surface area contributed by atoms with Gasteiger partial charge in [-0.05, 0) is 111 Å². The van der Waals surface area contributed by atoms with Crippen molar-refractivity contribution in [3.8, 4) is 6.07 Å². The predicted octanol–water partition coefficient (Wildman–Crippen LogP) is 5.68. The van der Waals surface area contributed by atoms with E-state index in [0.717, 1.165) is 38.5 Å². The maximum atomic E-state index is 12.1. The second-order valence-electron chi connectivity index (χ2n) is 29.3. The second kappa shape index (κ2) is 24.6. The van der Waals surface area contributed by atoms with Crippen molar-refractivity contribution in [1.82, 2.24) is 0 Å². The Balaban J connectivity index is 0.000000117. The van der Waals surface area contributed by atoms with Crippen LogP contribution in [0.2, 0.25) is 0 Å². The lowest BCUT2D eigenvalue weighted by atomic mass is 9.74. The third-order valence-electron chi connectivity index (χ3n) is 23.3. The number of ether oxygens (including phenoxy) is 10. The van der Waals surface area contributed by atoms with Gasteiger partial charge in [0.15, 0.2) is 29.8 Å². The summed E-state index contributed by atoms with van der Waals surface area (Å²) in [6, 6.07) is 2.14. The number of nitriles is 1. The van der Waals surface area contributed by atoms with E-state index in [9.17, 15) is 60.5 Å². The lowest BCUT2D eigenvalue weighted by Crippen LogP contribution is -2.42. The molecule has 10 bridgehead atoms. The summed E-state index contributed by atoms with van der Waals surface area (Å²) in [7, 11) is -6.85. The lowest BCUT2D eigenvalue weighted by Gasteiger charge is -2.29. The standard InChI is InChI=1S/C14H17NO4.C13H20O5S.C13H18O5.C12H18O5S.C12H16O5/c1-3-7(2)12(16)18-10-8-4-9-11(10)19-13(17)14(9,5-8)6-15;1-4-13(2,3)12(14)17-10-7-5-8-9(6-7)19(15,16)18-11(8)10;1-4-13(2,3)12(15)18-9-7-5-6-8(16-7)10(9)17-11(6)14;1-3-6(2)12(13)16-10-7-4-8-9(5-7)18(14,15)17-11(8)10;1-3-5(2)11(13)16-9-7-4-6-8(15-7)10(9)17-12(6)14/h7-11H,3-5H2,1-2H3;7-11H,4-6H2,1-3H3;6-10H,4-5H2,1-3H3;6-11H,3-5H2,1-2H3;5-10H,3-4H2,1-2H3. The number of nitrogens with zero attached hydrogens (tertiary/aromatic N) is 1. The Morgan fingerprint density at radius 3 is 1.31 bits per heavy atom. The summed E-state index contributed by atoms with van der Waals surface area (Å²) in [6.07, 6.45) is 4.19. The fourth-order valence-corrected chi connectivity index (χ4v) is 20.0. The van der Waals surface area contributed by atoms with E-state index in [-0.39, 0.29) is 166 Å². The van der Waals surface area contributed by atoms with Gasteiger partial charge >= 0.3 is 47.8 Å². The fourth-order valence-electron chi connectivity index (χ4n) is 16.2. The highest BCUT2D eigenvalue weighted by molar-refractivity contribution is 7.88. The van der Waals surface area contributed by atoms with Crippen LogP contribution in [0.4, 0.5) is 0 Å². The molecule has 0 N–H and O–H groups in total. The van der Waals surface area contributed by atoms with E-state index >= 15 is 0 Å². The van der Waals surface area contributed by atoms with Gasteiger partial charge in [0.2, 0.25) is 0 Å². The van der Waals surface area contributed by atoms with Crippen molar-refractivity contribution < 1.29 is 111 Å². The molecule has 15 aliphatic rings. The molecule has 9 aliphatic heterocycles. The van der Waals surface area contributed by atoms with Crippen molar-refractivity contribution in [2.75, 3.05) is 0 Å². The number of hydrogen-bond donors (Lipinski definition) is 0. The second-order valence-corrected chi connectivity index (χ2v) is 32.9. The quantitative estimate of drug-likeness (QED) is 0.108. The highest BCUT2D eigenvalue weighted by Gasteiger charge is 2.73. The molecule has 28 unspecified atom stereocenters. The SMILES string of the molecule is CCC(C)(C)C(=O)OC1C2CC3C(=O)OC1C3O2.CCC(C)(C)C(=O)OC1C2CC3C1OS(=O)(=O)C3C2.CCC(C)C(=O)OC1C2CC3C(=O)OC1C3O2.CCC(C)C(=O)OC1C2CC3C1OC(=O)C3(C#N)C2.CCC(C)C(=O)OC1C2CC3C1OS(=O)(=O)C3C2. The van der Waals surface area contributed by atoms with Crippen LogP contribution in [0.15, 0.2) is 0 Å². The molecule has 28 atom stereocenters. The van der Waals surface area contributed by atoms with Crippen molar-refractivity contribution in [2.45, 2.75) is 263 Å². The van der Waals surface area contributed by atoms with Gasteiger partial charge < -0.3 is 47.4 Å². The molecule has 0 aromatic heterocycles. The molecule has 15 fully saturated rings. The van der Waals surface area contributed by atoms with E-state index in [1.807, 2.05) is 83.1 Å². The van der Waals surface area contributed by atoms with E-state index in [2.05, 4.69) is 6.07 Å². The number of esters is 8. The summed E-state index contributed by atoms with van der Waals surface area (Å²) in [5.41, 5.74) is -2.00. The van der Waals surface area contributed by atoms with Gasteiger partial charge in [-0.15, -0.1) is 0 Å². The van der Waals surface area contributed by atoms with Crippen LogP contribution < -0.4 is 0 Å². The summed E-state index contributed by atoms with van der Waals surface area (Å²) in [6.45, 7) is 22.6. The summed E-state index contributed by atoms with van der Waals surface area (Å²) in [5.74, 6) is -2.34. The van der Waals surface area contributed by atoms with Gasteiger partial charge in [-0.2, -0.15) is 22.1 Å². The number of hydrogen-bond acceptors (Lipinski definition) is 25. The van der Waals surface area contributed by atoms with Crippen LogP contribution in [0.5, 0.6) is 0 Å². The predicted molar refractivity (Wildman–Crippen MR) is 311 cm³/mol. The summed E-state index contributed by atoms with van der Waals surface area (Å²) in [4.78, 5) is 94.5. The Kier molecular flexibility index (Phi) is 18.3. The van der Waals surface area contributed by atoms with Gasteiger partial charge in [0.1, 0.15) is 48.8 Å². The maximum Gasteiger partial charge on any atom is 0.327 e. The molecule has 0 amide bonds. The number of carbonyl (C=O) groups excluding carboxylic acids is 8. The molecule has 9 saturated heterocycles. The first-order valence-corrected chi connectivity index (χ1v) is 35.9. The minimum absolute atomic E-state index is 0.0255. The minimum atomic E-state index is -3.43. The van der Waals surface area contributed by atoms with E-state index in [1.54, 1.807) is 0 Å².